The Morgan fingerprint density at radius 1 is 1.26 bits per heavy atom. The summed E-state index contributed by atoms with van der Waals surface area (Å²) >= 11 is 0. The third kappa shape index (κ3) is 5.44. The highest BCUT2D eigenvalue weighted by Gasteiger charge is 2.24. The molecule has 1 aromatic carbocycles. The second kappa shape index (κ2) is 8.79. The van der Waals surface area contributed by atoms with E-state index in [0.29, 0.717) is 31.8 Å². The fraction of sp³-hybridized carbons (Fsp3) is 0.562. The van der Waals surface area contributed by atoms with E-state index < -0.39 is 6.61 Å². The lowest BCUT2D eigenvalue weighted by atomic mass is 10.1. The molecule has 2 rings (SSSR count). The number of alkyl halides is 2. The molecule has 0 atom stereocenters. The summed E-state index contributed by atoms with van der Waals surface area (Å²) < 4.78 is 34.2. The smallest absolute Gasteiger partial charge is 0.387 e. The van der Waals surface area contributed by atoms with E-state index in [4.69, 9.17) is 10.5 Å². The van der Waals surface area contributed by atoms with Crippen molar-refractivity contribution in [1.82, 2.24) is 4.90 Å². The van der Waals surface area contributed by atoms with Gasteiger partial charge in [-0.3, -0.25) is 4.79 Å². The van der Waals surface area contributed by atoms with Gasteiger partial charge in [-0.25, -0.2) is 0 Å². The summed E-state index contributed by atoms with van der Waals surface area (Å²) in [4.78, 5) is 14.1. The minimum atomic E-state index is -2.87. The number of amides is 1. The van der Waals surface area contributed by atoms with Crippen LogP contribution in [0.25, 0.3) is 0 Å². The van der Waals surface area contributed by atoms with Gasteiger partial charge in [0.25, 0.3) is 5.91 Å². The summed E-state index contributed by atoms with van der Waals surface area (Å²) in [7, 11) is 0. The van der Waals surface area contributed by atoms with E-state index in [9.17, 15) is 13.6 Å². The van der Waals surface area contributed by atoms with Crippen molar-refractivity contribution in [3.05, 3.63) is 29.8 Å². The first-order valence-electron chi connectivity index (χ1n) is 7.76. The second-order valence-electron chi connectivity index (χ2n) is 5.41. The van der Waals surface area contributed by atoms with Gasteiger partial charge in [0.1, 0.15) is 5.75 Å². The zero-order chi connectivity index (χ0) is 16.7. The topological polar surface area (TPSA) is 64.8 Å². The third-order valence-electron chi connectivity index (χ3n) is 3.76. The summed E-state index contributed by atoms with van der Waals surface area (Å²) in [6.45, 7) is -0.346. The molecule has 0 spiro atoms. The van der Waals surface area contributed by atoms with Crippen molar-refractivity contribution in [2.24, 2.45) is 5.73 Å². The van der Waals surface area contributed by atoms with E-state index in [0.717, 1.165) is 19.3 Å². The number of nitrogens with zero attached hydrogens (tertiary/aromatic N) is 1. The zero-order valence-electron chi connectivity index (χ0n) is 12.9. The SMILES string of the molecule is NCCCOC1CCN(C(=O)c2ccc(OC(F)F)cc2)CC1. The first kappa shape index (κ1) is 17.6. The Balaban J connectivity index is 1.82. The molecule has 1 amide bonds. The number of rotatable bonds is 7. The molecule has 128 valence electrons. The molecule has 0 aliphatic carbocycles. The molecule has 7 heteroatoms. The molecule has 23 heavy (non-hydrogen) atoms. The molecule has 1 aliphatic rings. The first-order chi connectivity index (χ1) is 11.1. The van der Waals surface area contributed by atoms with Gasteiger partial charge in [-0.1, -0.05) is 0 Å². The maximum atomic E-state index is 12.4. The lowest BCUT2D eigenvalue weighted by Gasteiger charge is -2.32. The van der Waals surface area contributed by atoms with Crippen LogP contribution in [-0.2, 0) is 4.74 Å². The Labute approximate surface area is 134 Å². The van der Waals surface area contributed by atoms with Crippen molar-refractivity contribution in [3.8, 4) is 5.75 Å². The van der Waals surface area contributed by atoms with Crippen LogP contribution >= 0.6 is 0 Å². The van der Waals surface area contributed by atoms with Crippen molar-refractivity contribution in [3.63, 3.8) is 0 Å². The van der Waals surface area contributed by atoms with Gasteiger partial charge in [0.2, 0.25) is 0 Å². The van der Waals surface area contributed by atoms with Gasteiger partial charge in [-0.05, 0) is 50.1 Å². The predicted molar refractivity (Wildman–Crippen MR) is 81.6 cm³/mol. The number of hydrogen-bond acceptors (Lipinski definition) is 4. The highest BCUT2D eigenvalue weighted by molar-refractivity contribution is 5.94. The van der Waals surface area contributed by atoms with Crippen LogP contribution in [0.5, 0.6) is 5.75 Å². The monoisotopic (exact) mass is 328 g/mol. The number of piperidine rings is 1. The van der Waals surface area contributed by atoms with Crippen molar-refractivity contribution < 1.29 is 23.0 Å². The Morgan fingerprint density at radius 2 is 1.91 bits per heavy atom. The van der Waals surface area contributed by atoms with Crippen molar-refractivity contribution >= 4 is 5.91 Å². The van der Waals surface area contributed by atoms with E-state index in [1.807, 2.05) is 0 Å². The molecular formula is C16H22F2N2O3. The Kier molecular flexibility index (Phi) is 6.73. The Morgan fingerprint density at radius 3 is 2.48 bits per heavy atom. The van der Waals surface area contributed by atoms with Crippen LogP contribution in [0.4, 0.5) is 8.78 Å². The molecule has 1 aromatic rings. The minimum Gasteiger partial charge on any atom is -0.435 e. The van der Waals surface area contributed by atoms with Crippen LogP contribution in [0.1, 0.15) is 29.6 Å². The van der Waals surface area contributed by atoms with Crippen LogP contribution in [-0.4, -0.2) is 49.8 Å². The van der Waals surface area contributed by atoms with Gasteiger partial charge in [-0.2, -0.15) is 8.78 Å². The van der Waals surface area contributed by atoms with Crippen molar-refractivity contribution in [2.45, 2.75) is 32.0 Å². The number of nitrogens with two attached hydrogens (primary N) is 1. The lowest BCUT2D eigenvalue weighted by Crippen LogP contribution is -2.41. The van der Waals surface area contributed by atoms with Crippen LogP contribution in [0.2, 0.25) is 0 Å². The van der Waals surface area contributed by atoms with Crippen LogP contribution < -0.4 is 10.5 Å². The van der Waals surface area contributed by atoms with Gasteiger partial charge < -0.3 is 20.1 Å². The fourth-order valence-corrected chi connectivity index (χ4v) is 2.52. The summed E-state index contributed by atoms with van der Waals surface area (Å²) in [5.41, 5.74) is 5.89. The summed E-state index contributed by atoms with van der Waals surface area (Å²) in [5.74, 6) is -0.0578. The second-order valence-corrected chi connectivity index (χ2v) is 5.41. The molecule has 2 N–H and O–H groups in total. The Bertz CT molecular complexity index is 489. The molecule has 1 fully saturated rings. The number of ether oxygens (including phenoxy) is 2. The van der Waals surface area contributed by atoms with E-state index in [1.54, 1.807) is 4.90 Å². The molecule has 0 bridgehead atoms. The number of likely N-dealkylation sites (tertiary alicyclic amines) is 1. The normalized spacial score (nSPS) is 15.9. The highest BCUT2D eigenvalue weighted by atomic mass is 19.3. The van der Waals surface area contributed by atoms with Crippen LogP contribution in [0.15, 0.2) is 24.3 Å². The summed E-state index contributed by atoms with van der Waals surface area (Å²) in [5, 5.41) is 0. The van der Waals surface area contributed by atoms with Gasteiger partial charge in [0.15, 0.2) is 0 Å². The van der Waals surface area contributed by atoms with Crippen molar-refractivity contribution in [2.75, 3.05) is 26.2 Å². The summed E-state index contributed by atoms with van der Waals surface area (Å²) in [6, 6.07) is 5.76. The number of benzene rings is 1. The molecular weight excluding hydrogens is 306 g/mol. The van der Waals surface area contributed by atoms with E-state index in [1.165, 1.54) is 24.3 Å². The maximum Gasteiger partial charge on any atom is 0.387 e. The number of carbonyl (C=O) groups is 1. The largest absolute Gasteiger partial charge is 0.435 e. The summed E-state index contributed by atoms with van der Waals surface area (Å²) in [6.07, 6.45) is 2.60. The average molecular weight is 328 g/mol. The van der Waals surface area contributed by atoms with Gasteiger partial charge in [-0.15, -0.1) is 0 Å². The predicted octanol–water partition coefficient (Wildman–Crippen LogP) is 2.26. The van der Waals surface area contributed by atoms with Gasteiger partial charge >= 0.3 is 6.61 Å². The highest BCUT2D eigenvalue weighted by Crippen LogP contribution is 2.19. The number of hydrogen-bond donors (Lipinski definition) is 1. The van der Waals surface area contributed by atoms with Gasteiger partial charge in [0, 0.05) is 25.3 Å². The first-order valence-corrected chi connectivity index (χ1v) is 7.76. The van der Waals surface area contributed by atoms with Gasteiger partial charge in [0.05, 0.1) is 6.10 Å². The lowest BCUT2D eigenvalue weighted by molar-refractivity contribution is -0.0498. The fourth-order valence-electron chi connectivity index (χ4n) is 2.52. The zero-order valence-corrected chi connectivity index (χ0v) is 12.9. The maximum absolute atomic E-state index is 12.4. The quantitative estimate of drug-likeness (QED) is 0.780. The molecule has 0 saturated carbocycles. The van der Waals surface area contributed by atoms with Crippen LogP contribution in [0, 0.1) is 0 Å². The van der Waals surface area contributed by atoms with Crippen LogP contribution in [0.3, 0.4) is 0 Å². The Hall–Kier alpha value is -1.73. The molecule has 0 aromatic heterocycles. The molecule has 1 heterocycles. The van der Waals surface area contributed by atoms with E-state index >= 15 is 0 Å². The number of carbonyl (C=O) groups excluding carboxylic acids is 1. The molecule has 0 radical (unpaired) electrons. The van der Waals surface area contributed by atoms with Crippen molar-refractivity contribution in [1.29, 1.82) is 0 Å². The van der Waals surface area contributed by atoms with E-state index in [-0.39, 0.29) is 17.8 Å². The molecule has 1 aliphatic heterocycles. The number of halogens is 2. The standard InChI is InChI=1S/C16H22F2N2O3/c17-16(18)23-14-4-2-12(3-5-14)15(21)20-9-6-13(7-10-20)22-11-1-8-19/h2-5,13,16H,1,6-11,19H2. The third-order valence-corrected chi connectivity index (χ3v) is 3.76. The minimum absolute atomic E-state index is 0.0450. The molecule has 5 nitrogen and oxygen atoms in total. The average Bonchev–Trinajstić information content (AvgIpc) is 2.55. The molecule has 0 unspecified atom stereocenters. The van der Waals surface area contributed by atoms with E-state index in [2.05, 4.69) is 4.74 Å². The molecule has 1 saturated heterocycles.